The minimum absolute atomic E-state index is 0.801. The van der Waals surface area contributed by atoms with Crippen LogP contribution in [0, 0.1) is 0 Å². The predicted octanol–water partition coefficient (Wildman–Crippen LogP) is 0.925. The second-order valence-electron chi connectivity index (χ2n) is 4.53. The molecule has 2 heterocycles. The molecular formula is C13H17N5. The first-order valence-corrected chi connectivity index (χ1v) is 6.21. The molecule has 1 aliphatic rings. The normalized spacial score (nSPS) is 15.3. The van der Waals surface area contributed by atoms with Gasteiger partial charge in [-0.1, -0.05) is 18.2 Å². The summed E-state index contributed by atoms with van der Waals surface area (Å²) in [5.41, 5.74) is 2.64. The van der Waals surface area contributed by atoms with E-state index in [9.17, 15) is 0 Å². The first kappa shape index (κ1) is 11.2. The third-order valence-electron chi connectivity index (χ3n) is 3.34. The molecule has 5 heteroatoms. The van der Waals surface area contributed by atoms with Gasteiger partial charge in [0.15, 0.2) is 0 Å². The van der Waals surface area contributed by atoms with E-state index in [1.165, 1.54) is 11.3 Å². The van der Waals surface area contributed by atoms with Crippen LogP contribution in [0.4, 0.5) is 5.69 Å². The molecule has 1 aromatic carbocycles. The summed E-state index contributed by atoms with van der Waals surface area (Å²) in [6.45, 7) is 3.72. The SMILES string of the molecule is Cn1ncnc1CN1CCNCc2ccccc21. The van der Waals surface area contributed by atoms with Gasteiger partial charge in [0.05, 0.1) is 6.54 Å². The van der Waals surface area contributed by atoms with E-state index in [1.807, 2.05) is 11.7 Å². The van der Waals surface area contributed by atoms with Crippen LogP contribution < -0.4 is 10.2 Å². The molecule has 0 atom stereocenters. The van der Waals surface area contributed by atoms with Crippen LogP contribution in [0.15, 0.2) is 30.6 Å². The van der Waals surface area contributed by atoms with E-state index in [-0.39, 0.29) is 0 Å². The van der Waals surface area contributed by atoms with Crippen molar-refractivity contribution in [3.63, 3.8) is 0 Å². The monoisotopic (exact) mass is 243 g/mol. The fourth-order valence-electron chi connectivity index (χ4n) is 2.32. The molecule has 0 unspecified atom stereocenters. The van der Waals surface area contributed by atoms with Gasteiger partial charge in [0.25, 0.3) is 0 Å². The van der Waals surface area contributed by atoms with Gasteiger partial charge < -0.3 is 10.2 Å². The van der Waals surface area contributed by atoms with E-state index in [0.29, 0.717) is 0 Å². The Morgan fingerprint density at radius 2 is 2.22 bits per heavy atom. The van der Waals surface area contributed by atoms with Gasteiger partial charge in [-0.15, -0.1) is 0 Å². The van der Waals surface area contributed by atoms with Crippen molar-refractivity contribution in [1.82, 2.24) is 20.1 Å². The molecule has 0 radical (unpaired) electrons. The maximum atomic E-state index is 4.30. The lowest BCUT2D eigenvalue weighted by molar-refractivity contribution is 0.648. The second-order valence-corrected chi connectivity index (χ2v) is 4.53. The number of hydrogen-bond acceptors (Lipinski definition) is 4. The zero-order chi connectivity index (χ0) is 12.4. The van der Waals surface area contributed by atoms with Crippen molar-refractivity contribution >= 4 is 5.69 Å². The van der Waals surface area contributed by atoms with Gasteiger partial charge in [0.2, 0.25) is 0 Å². The van der Waals surface area contributed by atoms with Crippen LogP contribution in [0.1, 0.15) is 11.4 Å². The molecule has 1 N–H and O–H groups in total. The number of aromatic nitrogens is 3. The molecule has 0 saturated heterocycles. The quantitative estimate of drug-likeness (QED) is 0.852. The Bertz CT molecular complexity index is 534. The minimum atomic E-state index is 0.801. The highest BCUT2D eigenvalue weighted by Gasteiger charge is 2.16. The molecular weight excluding hydrogens is 226 g/mol. The van der Waals surface area contributed by atoms with Crippen molar-refractivity contribution in [2.45, 2.75) is 13.1 Å². The van der Waals surface area contributed by atoms with Gasteiger partial charge in [-0.2, -0.15) is 5.10 Å². The van der Waals surface area contributed by atoms with Crippen LogP contribution in [0.25, 0.3) is 0 Å². The van der Waals surface area contributed by atoms with Gasteiger partial charge in [-0.3, -0.25) is 4.68 Å². The van der Waals surface area contributed by atoms with Crippen LogP contribution in [-0.4, -0.2) is 27.9 Å². The summed E-state index contributed by atoms with van der Waals surface area (Å²) in [7, 11) is 1.93. The first-order chi connectivity index (χ1) is 8.84. The number of nitrogens with one attached hydrogen (secondary N) is 1. The van der Waals surface area contributed by atoms with E-state index in [2.05, 4.69) is 44.6 Å². The van der Waals surface area contributed by atoms with Crippen LogP contribution in [-0.2, 0) is 20.1 Å². The van der Waals surface area contributed by atoms with E-state index in [4.69, 9.17) is 0 Å². The Morgan fingerprint density at radius 3 is 3.06 bits per heavy atom. The Morgan fingerprint density at radius 1 is 1.33 bits per heavy atom. The average Bonchev–Trinajstić information content (AvgIpc) is 2.68. The number of rotatable bonds is 2. The molecule has 94 valence electrons. The van der Waals surface area contributed by atoms with Crippen molar-refractivity contribution in [1.29, 1.82) is 0 Å². The Labute approximate surface area is 106 Å². The largest absolute Gasteiger partial charge is 0.362 e. The molecule has 0 aliphatic carbocycles. The Hall–Kier alpha value is -1.88. The second kappa shape index (κ2) is 4.78. The topological polar surface area (TPSA) is 46.0 Å². The molecule has 3 rings (SSSR count). The number of para-hydroxylation sites is 1. The van der Waals surface area contributed by atoms with Crippen molar-refractivity contribution in [3.8, 4) is 0 Å². The third kappa shape index (κ3) is 2.09. The molecule has 18 heavy (non-hydrogen) atoms. The zero-order valence-corrected chi connectivity index (χ0v) is 10.5. The molecule has 0 amide bonds. The Kier molecular flexibility index (Phi) is 2.98. The molecule has 0 spiro atoms. The highest BCUT2D eigenvalue weighted by atomic mass is 15.3. The van der Waals surface area contributed by atoms with Crippen LogP contribution in [0.2, 0.25) is 0 Å². The Balaban J connectivity index is 1.90. The maximum Gasteiger partial charge on any atom is 0.146 e. The lowest BCUT2D eigenvalue weighted by atomic mass is 10.1. The molecule has 0 saturated carbocycles. The lowest BCUT2D eigenvalue weighted by Crippen LogP contribution is -2.29. The predicted molar refractivity (Wildman–Crippen MR) is 70.2 cm³/mol. The summed E-state index contributed by atoms with van der Waals surface area (Å²) >= 11 is 0. The van der Waals surface area contributed by atoms with E-state index in [0.717, 1.165) is 32.0 Å². The summed E-state index contributed by atoms with van der Waals surface area (Å²) in [5.74, 6) is 0.992. The first-order valence-electron chi connectivity index (χ1n) is 6.21. The summed E-state index contributed by atoms with van der Waals surface area (Å²) in [6.07, 6.45) is 1.61. The number of anilines is 1. The average molecular weight is 243 g/mol. The number of fused-ring (bicyclic) bond motifs is 1. The standard InChI is InChI=1S/C13H17N5/c1-17-13(15-10-16-17)9-18-7-6-14-8-11-4-2-3-5-12(11)18/h2-5,10,14H,6-9H2,1H3. The molecule has 0 bridgehead atoms. The highest BCUT2D eigenvalue weighted by Crippen LogP contribution is 2.23. The molecule has 0 fully saturated rings. The molecule has 5 nitrogen and oxygen atoms in total. The van der Waals surface area contributed by atoms with Crippen molar-refractivity contribution in [2.24, 2.45) is 7.05 Å². The minimum Gasteiger partial charge on any atom is -0.362 e. The van der Waals surface area contributed by atoms with E-state index in [1.54, 1.807) is 6.33 Å². The number of benzene rings is 1. The van der Waals surface area contributed by atoms with Crippen molar-refractivity contribution < 1.29 is 0 Å². The summed E-state index contributed by atoms with van der Waals surface area (Å²) < 4.78 is 1.83. The third-order valence-corrected chi connectivity index (χ3v) is 3.34. The van der Waals surface area contributed by atoms with Crippen molar-refractivity contribution in [2.75, 3.05) is 18.0 Å². The fourth-order valence-corrected chi connectivity index (χ4v) is 2.32. The zero-order valence-electron chi connectivity index (χ0n) is 10.5. The van der Waals surface area contributed by atoms with Gasteiger partial charge >= 0.3 is 0 Å². The summed E-state index contributed by atoms with van der Waals surface area (Å²) in [6, 6.07) is 8.54. The fraction of sp³-hybridized carbons (Fsp3) is 0.385. The van der Waals surface area contributed by atoms with Crippen LogP contribution in [0.3, 0.4) is 0 Å². The molecule has 1 aromatic heterocycles. The summed E-state index contributed by atoms with van der Waals surface area (Å²) in [5, 5.41) is 7.57. The van der Waals surface area contributed by atoms with E-state index >= 15 is 0 Å². The van der Waals surface area contributed by atoms with Gasteiger partial charge in [0.1, 0.15) is 12.2 Å². The number of hydrogen-bond donors (Lipinski definition) is 1. The molecule has 1 aliphatic heterocycles. The number of aryl methyl sites for hydroxylation is 1. The van der Waals surface area contributed by atoms with Crippen LogP contribution in [0.5, 0.6) is 0 Å². The van der Waals surface area contributed by atoms with Crippen LogP contribution >= 0.6 is 0 Å². The van der Waals surface area contributed by atoms with Crippen molar-refractivity contribution in [3.05, 3.63) is 42.0 Å². The smallest absolute Gasteiger partial charge is 0.146 e. The van der Waals surface area contributed by atoms with Gasteiger partial charge in [0, 0.05) is 32.4 Å². The maximum absolute atomic E-state index is 4.30. The molecule has 2 aromatic rings. The van der Waals surface area contributed by atoms with Gasteiger partial charge in [-0.25, -0.2) is 4.98 Å². The van der Waals surface area contributed by atoms with E-state index < -0.39 is 0 Å². The number of nitrogens with zero attached hydrogens (tertiary/aromatic N) is 4. The highest BCUT2D eigenvalue weighted by molar-refractivity contribution is 5.54. The lowest BCUT2D eigenvalue weighted by Gasteiger charge is -2.23. The van der Waals surface area contributed by atoms with Gasteiger partial charge in [-0.05, 0) is 11.6 Å². The summed E-state index contributed by atoms with van der Waals surface area (Å²) in [4.78, 5) is 6.66.